The Morgan fingerprint density at radius 1 is 1.10 bits per heavy atom. The standard InChI is InChI=1S/C15H13Cl2NO2/c1-20-12-5-3-11(4-6-12)18-15(19)9-10-2-7-13(16)14(17)8-10/h2-8H,9H2,1H3,(H,18,19). The van der Waals surface area contributed by atoms with Crippen LogP contribution >= 0.6 is 23.2 Å². The van der Waals surface area contributed by atoms with Gasteiger partial charge in [-0.2, -0.15) is 0 Å². The molecule has 0 spiro atoms. The molecule has 0 aromatic heterocycles. The summed E-state index contributed by atoms with van der Waals surface area (Å²) in [6, 6.07) is 12.3. The lowest BCUT2D eigenvalue weighted by molar-refractivity contribution is -0.115. The molecule has 0 saturated carbocycles. The van der Waals surface area contributed by atoms with Crippen LogP contribution in [0.3, 0.4) is 0 Å². The predicted molar refractivity (Wildman–Crippen MR) is 81.8 cm³/mol. The predicted octanol–water partition coefficient (Wildman–Crippen LogP) is 4.18. The molecule has 0 aliphatic heterocycles. The Bertz CT molecular complexity index is 612. The molecule has 0 aliphatic rings. The number of anilines is 1. The minimum atomic E-state index is -0.117. The molecule has 2 aromatic rings. The molecule has 5 heteroatoms. The molecule has 2 rings (SSSR count). The highest BCUT2D eigenvalue weighted by Crippen LogP contribution is 2.23. The Kier molecular flexibility index (Phi) is 4.88. The maximum Gasteiger partial charge on any atom is 0.228 e. The maximum atomic E-state index is 11.9. The lowest BCUT2D eigenvalue weighted by atomic mass is 10.1. The summed E-state index contributed by atoms with van der Waals surface area (Å²) in [6.45, 7) is 0. The number of nitrogens with one attached hydrogen (secondary N) is 1. The van der Waals surface area contributed by atoms with Gasteiger partial charge in [-0.1, -0.05) is 29.3 Å². The van der Waals surface area contributed by atoms with Gasteiger partial charge in [-0.3, -0.25) is 4.79 Å². The average molecular weight is 310 g/mol. The van der Waals surface area contributed by atoms with Crippen molar-refractivity contribution in [1.82, 2.24) is 0 Å². The second-order valence-corrected chi connectivity index (χ2v) is 5.02. The summed E-state index contributed by atoms with van der Waals surface area (Å²) in [5, 5.41) is 3.73. The first-order valence-electron chi connectivity index (χ1n) is 5.96. The number of amides is 1. The summed E-state index contributed by atoms with van der Waals surface area (Å²) in [5.74, 6) is 0.626. The number of hydrogen-bond donors (Lipinski definition) is 1. The number of carbonyl (C=O) groups excluding carboxylic acids is 1. The average Bonchev–Trinajstić information content (AvgIpc) is 2.44. The zero-order valence-corrected chi connectivity index (χ0v) is 12.3. The van der Waals surface area contributed by atoms with Gasteiger partial charge in [0.25, 0.3) is 0 Å². The van der Waals surface area contributed by atoms with Gasteiger partial charge < -0.3 is 10.1 Å². The van der Waals surface area contributed by atoms with Crippen molar-refractivity contribution >= 4 is 34.8 Å². The zero-order chi connectivity index (χ0) is 14.5. The summed E-state index contributed by atoms with van der Waals surface area (Å²) in [4.78, 5) is 11.9. The van der Waals surface area contributed by atoms with E-state index in [1.54, 1.807) is 49.6 Å². The van der Waals surface area contributed by atoms with Crippen molar-refractivity contribution in [3.8, 4) is 5.75 Å². The van der Waals surface area contributed by atoms with Gasteiger partial charge in [-0.15, -0.1) is 0 Å². The van der Waals surface area contributed by atoms with Gasteiger partial charge in [-0.25, -0.2) is 0 Å². The molecule has 0 saturated heterocycles. The van der Waals surface area contributed by atoms with Crippen LogP contribution in [0.2, 0.25) is 10.0 Å². The largest absolute Gasteiger partial charge is 0.497 e. The molecule has 0 radical (unpaired) electrons. The summed E-state index contributed by atoms with van der Waals surface area (Å²) >= 11 is 11.7. The molecule has 0 aliphatic carbocycles. The Hall–Kier alpha value is -1.71. The van der Waals surface area contributed by atoms with Crippen molar-refractivity contribution < 1.29 is 9.53 Å². The number of halogens is 2. The second-order valence-electron chi connectivity index (χ2n) is 4.20. The van der Waals surface area contributed by atoms with Crippen LogP contribution in [0.5, 0.6) is 5.75 Å². The van der Waals surface area contributed by atoms with Gasteiger partial charge in [0.05, 0.1) is 23.6 Å². The van der Waals surface area contributed by atoms with E-state index in [1.165, 1.54) is 0 Å². The van der Waals surface area contributed by atoms with Crippen LogP contribution in [0.15, 0.2) is 42.5 Å². The van der Waals surface area contributed by atoms with E-state index >= 15 is 0 Å². The number of hydrogen-bond acceptors (Lipinski definition) is 2. The van der Waals surface area contributed by atoms with Gasteiger partial charge in [0.2, 0.25) is 5.91 Å². The SMILES string of the molecule is COc1ccc(NC(=O)Cc2ccc(Cl)c(Cl)c2)cc1. The summed E-state index contributed by atoms with van der Waals surface area (Å²) < 4.78 is 5.05. The third-order valence-electron chi connectivity index (χ3n) is 2.72. The highest BCUT2D eigenvalue weighted by atomic mass is 35.5. The molecule has 0 fully saturated rings. The van der Waals surface area contributed by atoms with E-state index in [4.69, 9.17) is 27.9 Å². The molecule has 0 unspecified atom stereocenters. The molecule has 0 heterocycles. The Labute approximate surface area is 127 Å². The molecule has 1 N–H and O–H groups in total. The van der Waals surface area contributed by atoms with Crippen LogP contribution in [0.1, 0.15) is 5.56 Å². The van der Waals surface area contributed by atoms with Crippen molar-refractivity contribution in [1.29, 1.82) is 0 Å². The fraction of sp³-hybridized carbons (Fsp3) is 0.133. The lowest BCUT2D eigenvalue weighted by Gasteiger charge is -2.07. The molecular weight excluding hydrogens is 297 g/mol. The van der Waals surface area contributed by atoms with E-state index in [1.807, 2.05) is 0 Å². The van der Waals surface area contributed by atoms with Crippen molar-refractivity contribution in [2.75, 3.05) is 12.4 Å². The Morgan fingerprint density at radius 2 is 1.80 bits per heavy atom. The molecule has 20 heavy (non-hydrogen) atoms. The van der Waals surface area contributed by atoms with Gasteiger partial charge >= 0.3 is 0 Å². The first kappa shape index (κ1) is 14.7. The molecule has 0 atom stereocenters. The van der Waals surface area contributed by atoms with Crippen LogP contribution in [0.25, 0.3) is 0 Å². The van der Waals surface area contributed by atoms with Crippen LogP contribution in [-0.2, 0) is 11.2 Å². The van der Waals surface area contributed by atoms with Gasteiger partial charge in [-0.05, 0) is 42.0 Å². The van der Waals surface area contributed by atoms with Gasteiger partial charge in [0.15, 0.2) is 0 Å². The minimum absolute atomic E-state index is 0.117. The summed E-state index contributed by atoms with van der Waals surface area (Å²) in [5.41, 5.74) is 1.53. The van der Waals surface area contributed by atoms with Crippen molar-refractivity contribution in [3.63, 3.8) is 0 Å². The second kappa shape index (κ2) is 6.64. The monoisotopic (exact) mass is 309 g/mol. The molecule has 3 nitrogen and oxygen atoms in total. The maximum absolute atomic E-state index is 11.9. The summed E-state index contributed by atoms with van der Waals surface area (Å²) in [7, 11) is 1.60. The highest BCUT2D eigenvalue weighted by Gasteiger charge is 2.06. The van der Waals surface area contributed by atoms with Crippen LogP contribution in [0.4, 0.5) is 5.69 Å². The van der Waals surface area contributed by atoms with Crippen LogP contribution in [0, 0.1) is 0 Å². The fourth-order valence-electron chi connectivity index (χ4n) is 1.71. The lowest BCUT2D eigenvalue weighted by Crippen LogP contribution is -2.14. The third kappa shape index (κ3) is 3.89. The van der Waals surface area contributed by atoms with Crippen molar-refractivity contribution in [3.05, 3.63) is 58.1 Å². The van der Waals surface area contributed by atoms with E-state index in [9.17, 15) is 4.79 Å². The topological polar surface area (TPSA) is 38.3 Å². The molecular formula is C15H13Cl2NO2. The highest BCUT2D eigenvalue weighted by molar-refractivity contribution is 6.42. The van der Waals surface area contributed by atoms with Crippen LogP contribution in [-0.4, -0.2) is 13.0 Å². The Balaban J connectivity index is 1.99. The number of carbonyl (C=O) groups is 1. The molecule has 1 amide bonds. The van der Waals surface area contributed by atoms with E-state index in [0.717, 1.165) is 17.0 Å². The van der Waals surface area contributed by atoms with Crippen LogP contribution < -0.4 is 10.1 Å². The number of benzene rings is 2. The zero-order valence-electron chi connectivity index (χ0n) is 10.8. The van der Waals surface area contributed by atoms with Gasteiger partial charge in [0.1, 0.15) is 5.75 Å². The third-order valence-corrected chi connectivity index (χ3v) is 3.46. The van der Waals surface area contributed by atoms with E-state index in [0.29, 0.717) is 10.0 Å². The van der Waals surface area contributed by atoms with Gasteiger partial charge in [0, 0.05) is 5.69 Å². The first-order chi connectivity index (χ1) is 9.58. The minimum Gasteiger partial charge on any atom is -0.497 e. The molecule has 0 bridgehead atoms. The number of methoxy groups -OCH3 is 1. The van der Waals surface area contributed by atoms with E-state index in [2.05, 4.69) is 5.32 Å². The van der Waals surface area contributed by atoms with E-state index < -0.39 is 0 Å². The Morgan fingerprint density at radius 3 is 2.40 bits per heavy atom. The van der Waals surface area contributed by atoms with Crippen molar-refractivity contribution in [2.24, 2.45) is 0 Å². The smallest absolute Gasteiger partial charge is 0.228 e. The first-order valence-corrected chi connectivity index (χ1v) is 6.72. The molecule has 2 aromatic carbocycles. The number of ether oxygens (including phenoxy) is 1. The van der Waals surface area contributed by atoms with E-state index in [-0.39, 0.29) is 12.3 Å². The fourth-order valence-corrected chi connectivity index (χ4v) is 2.04. The summed E-state index contributed by atoms with van der Waals surface area (Å²) in [6.07, 6.45) is 0.239. The normalized spacial score (nSPS) is 10.2. The molecule has 104 valence electrons. The van der Waals surface area contributed by atoms with Crippen molar-refractivity contribution in [2.45, 2.75) is 6.42 Å². The number of rotatable bonds is 4. The quantitative estimate of drug-likeness (QED) is 0.920.